The zero-order chi connectivity index (χ0) is 16.8. The highest BCUT2D eigenvalue weighted by Gasteiger charge is 2.62. The standard InChI is InChI=1S/C16H23N3O3S/c1-9-13(21)17-14(19-18-9)23-8-12(20)22-11-7-10-5-6-16(11,4)15(10,2)3/h10-11H,5-8H2,1-4H3,(H,17,19,21)/t10-,11-,16-/m0/s1. The summed E-state index contributed by atoms with van der Waals surface area (Å²) in [5.41, 5.74) is 0.321. The van der Waals surface area contributed by atoms with Gasteiger partial charge >= 0.3 is 5.97 Å². The first-order valence-electron chi connectivity index (χ1n) is 8.00. The molecule has 0 aliphatic heterocycles. The zero-order valence-electron chi connectivity index (χ0n) is 14.0. The van der Waals surface area contributed by atoms with Gasteiger partial charge in [0.25, 0.3) is 5.56 Å². The average molecular weight is 337 g/mol. The molecule has 3 atom stereocenters. The van der Waals surface area contributed by atoms with Gasteiger partial charge in [0.1, 0.15) is 11.8 Å². The smallest absolute Gasteiger partial charge is 0.316 e. The second-order valence-electron chi connectivity index (χ2n) is 7.42. The van der Waals surface area contributed by atoms with Crippen molar-refractivity contribution in [3.63, 3.8) is 0 Å². The van der Waals surface area contributed by atoms with Gasteiger partial charge in [0.05, 0.1) is 5.75 Å². The van der Waals surface area contributed by atoms with Crippen molar-refractivity contribution in [3.8, 4) is 0 Å². The molecule has 0 saturated heterocycles. The molecule has 1 N–H and O–H groups in total. The Hall–Kier alpha value is -1.37. The Morgan fingerprint density at radius 1 is 1.39 bits per heavy atom. The number of rotatable bonds is 4. The molecule has 126 valence electrons. The lowest BCUT2D eigenvalue weighted by molar-refractivity contribution is -0.153. The second-order valence-corrected chi connectivity index (χ2v) is 8.39. The summed E-state index contributed by atoms with van der Waals surface area (Å²) in [6.07, 6.45) is 3.30. The van der Waals surface area contributed by atoms with Crippen LogP contribution in [0.5, 0.6) is 0 Å². The Kier molecular flexibility index (Phi) is 4.02. The van der Waals surface area contributed by atoms with Crippen LogP contribution < -0.4 is 5.56 Å². The van der Waals surface area contributed by atoms with E-state index in [9.17, 15) is 9.59 Å². The van der Waals surface area contributed by atoms with Crippen LogP contribution in [-0.4, -0.2) is 33.0 Å². The van der Waals surface area contributed by atoms with Crippen LogP contribution in [0.15, 0.2) is 9.95 Å². The molecule has 1 aromatic heterocycles. The minimum atomic E-state index is -0.279. The van der Waals surface area contributed by atoms with E-state index in [0.29, 0.717) is 16.8 Å². The molecule has 6 nitrogen and oxygen atoms in total. The Morgan fingerprint density at radius 3 is 2.70 bits per heavy atom. The number of hydrogen-bond acceptors (Lipinski definition) is 6. The lowest BCUT2D eigenvalue weighted by atomic mass is 9.70. The maximum Gasteiger partial charge on any atom is 0.316 e. The molecule has 0 aromatic carbocycles. The minimum Gasteiger partial charge on any atom is -0.461 e. The maximum atomic E-state index is 12.2. The predicted molar refractivity (Wildman–Crippen MR) is 87.2 cm³/mol. The highest BCUT2D eigenvalue weighted by atomic mass is 32.2. The summed E-state index contributed by atoms with van der Waals surface area (Å²) in [6.45, 7) is 8.42. The molecular formula is C16H23N3O3S. The van der Waals surface area contributed by atoms with Gasteiger partial charge in [0, 0.05) is 5.41 Å². The summed E-state index contributed by atoms with van der Waals surface area (Å²) in [5.74, 6) is 0.510. The Balaban J connectivity index is 1.58. The van der Waals surface area contributed by atoms with E-state index in [-0.39, 0.29) is 34.2 Å². The van der Waals surface area contributed by atoms with Crippen molar-refractivity contribution >= 4 is 17.7 Å². The fraction of sp³-hybridized carbons (Fsp3) is 0.750. The van der Waals surface area contributed by atoms with E-state index in [1.807, 2.05) is 0 Å². The van der Waals surface area contributed by atoms with E-state index >= 15 is 0 Å². The number of hydrogen-bond donors (Lipinski definition) is 1. The number of nitrogens with one attached hydrogen (secondary N) is 1. The van der Waals surface area contributed by atoms with Crippen molar-refractivity contribution in [1.82, 2.24) is 15.2 Å². The van der Waals surface area contributed by atoms with E-state index < -0.39 is 0 Å². The van der Waals surface area contributed by atoms with Gasteiger partial charge in [-0.15, -0.1) is 10.2 Å². The Morgan fingerprint density at radius 2 is 2.13 bits per heavy atom. The van der Waals surface area contributed by atoms with Gasteiger partial charge in [-0.25, -0.2) is 0 Å². The fourth-order valence-corrected chi connectivity index (χ4v) is 4.66. The number of carbonyl (C=O) groups excluding carboxylic acids is 1. The summed E-state index contributed by atoms with van der Waals surface area (Å²) in [6, 6.07) is 0. The third-order valence-corrected chi connectivity index (χ3v) is 6.99. The highest BCUT2D eigenvalue weighted by Crippen LogP contribution is 2.66. The van der Waals surface area contributed by atoms with Gasteiger partial charge in [0.2, 0.25) is 0 Å². The summed E-state index contributed by atoms with van der Waals surface area (Å²) in [5, 5.41) is 7.97. The van der Waals surface area contributed by atoms with Crippen molar-refractivity contribution in [2.75, 3.05) is 5.75 Å². The molecule has 23 heavy (non-hydrogen) atoms. The predicted octanol–water partition coefficient (Wildman–Crippen LogP) is 2.32. The molecule has 3 rings (SSSR count). The van der Waals surface area contributed by atoms with Gasteiger partial charge in [-0.2, -0.15) is 0 Å². The van der Waals surface area contributed by atoms with Crippen LogP contribution in [-0.2, 0) is 9.53 Å². The lowest BCUT2D eigenvalue weighted by Crippen LogP contribution is -2.38. The Labute approximate surface area is 139 Å². The largest absolute Gasteiger partial charge is 0.461 e. The van der Waals surface area contributed by atoms with Gasteiger partial charge in [-0.05, 0) is 37.5 Å². The number of carbonyl (C=O) groups is 1. The average Bonchev–Trinajstić information content (AvgIpc) is 2.82. The lowest BCUT2D eigenvalue weighted by Gasteiger charge is -2.38. The molecule has 2 aliphatic rings. The molecule has 2 fully saturated rings. The zero-order valence-corrected chi connectivity index (χ0v) is 14.8. The van der Waals surface area contributed by atoms with Gasteiger partial charge in [-0.3, -0.25) is 14.6 Å². The number of thioether (sulfide) groups is 1. The SMILES string of the molecule is Cc1nnc(SCC(=O)O[C@H]2C[C@@H]3CC[C@]2(C)C3(C)C)[nH]c1=O. The van der Waals surface area contributed by atoms with Crippen LogP contribution in [0.2, 0.25) is 0 Å². The summed E-state index contributed by atoms with van der Waals surface area (Å²) in [7, 11) is 0. The molecule has 2 aliphatic carbocycles. The molecule has 2 bridgehead atoms. The van der Waals surface area contributed by atoms with E-state index in [4.69, 9.17) is 4.74 Å². The van der Waals surface area contributed by atoms with Crippen LogP contribution in [0.3, 0.4) is 0 Å². The molecule has 1 heterocycles. The van der Waals surface area contributed by atoms with Crippen LogP contribution in [0, 0.1) is 23.7 Å². The third kappa shape index (κ3) is 2.69. The van der Waals surface area contributed by atoms with Gasteiger partial charge < -0.3 is 4.74 Å². The molecule has 0 spiro atoms. The maximum absolute atomic E-state index is 12.2. The topological polar surface area (TPSA) is 84.9 Å². The van der Waals surface area contributed by atoms with E-state index in [1.54, 1.807) is 6.92 Å². The number of aromatic amines is 1. The number of ether oxygens (including phenoxy) is 1. The van der Waals surface area contributed by atoms with Crippen molar-refractivity contribution in [3.05, 3.63) is 16.0 Å². The molecule has 0 radical (unpaired) electrons. The van der Waals surface area contributed by atoms with Crippen molar-refractivity contribution < 1.29 is 9.53 Å². The van der Waals surface area contributed by atoms with Crippen LogP contribution >= 0.6 is 11.8 Å². The van der Waals surface area contributed by atoms with Crippen molar-refractivity contribution in [2.24, 2.45) is 16.7 Å². The monoisotopic (exact) mass is 337 g/mol. The summed E-state index contributed by atoms with van der Waals surface area (Å²) in [4.78, 5) is 26.2. The van der Waals surface area contributed by atoms with Crippen molar-refractivity contribution in [2.45, 2.75) is 58.2 Å². The molecule has 7 heteroatoms. The van der Waals surface area contributed by atoms with E-state index in [2.05, 4.69) is 36.0 Å². The number of esters is 1. The number of fused-ring (bicyclic) bond motifs is 2. The van der Waals surface area contributed by atoms with Crippen LogP contribution in [0.1, 0.15) is 45.7 Å². The first-order chi connectivity index (χ1) is 10.7. The number of nitrogens with zero attached hydrogens (tertiary/aromatic N) is 2. The summed E-state index contributed by atoms with van der Waals surface area (Å²) >= 11 is 1.15. The number of H-pyrrole nitrogens is 1. The van der Waals surface area contributed by atoms with Crippen LogP contribution in [0.4, 0.5) is 0 Å². The molecule has 0 amide bonds. The van der Waals surface area contributed by atoms with Gasteiger partial charge in [-0.1, -0.05) is 32.5 Å². The first-order valence-corrected chi connectivity index (χ1v) is 8.98. The Bertz CT molecular complexity index is 687. The summed E-state index contributed by atoms with van der Waals surface area (Å²) < 4.78 is 5.76. The first kappa shape index (κ1) is 16.5. The number of aromatic nitrogens is 3. The second kappa shape index (κ2) is 5.61. The highest BCUT2D eigenvalue weighted by molar-refractivity contribution is 7.99. The van der Waals surface area contributed by atoms with E-state index in [0.717, 1.165) is 24.6 Å². The molecule has 2 saturated carbocycles. The van der Waals surface area contributed by atoms with E-state index in [1.165, 1.54) is 6.42 Å². The van der Waals surface area contributed by atoms with Gasteiger partial charge in [0.15, 0.2) is 5.16 Å². The minimum absolute atomic E-state index is 0.00694. The van der Waals surface area contributed by atoms with Crippen molar-refractivity contribution in [1.29, 1.82) is 0 Å². The molecular weight excluding hydrogens is 314 g/mol. The molecule has 1 aromatic rings. The quantitative estimate of drug-likeness (QED) is 0.670. The molecule has 0 unspecified atom stereocenters. The van der Waals surface area contributed by atoms with Crippen LogP contribution in [0.25, 0.3) is 0 Å². The third-order valence-electron chi connectivity index (χ3n) is 6.15. The number of aryl methyl sites for hydroxylation is 1. The normalized spacial score (nSPS) is 31.3. The fourth-order valence-electron chi connectivity index (χ4n) is 4.07.